The molecule has 19 heavy (non-hydrogen) atoms. The molecule has 0 amide bonds. The molecule has 0 aromatic heterocycles. The Morgan fingerprint density at radius 2 is 1.89 bits per heavy atom. The second-order valence-electron chi connectivity index (χ2n) is 5.58. The molecule has 1 aromatic carbocycles. The lowest BCUT2D eigenvalue weighted by Gasteiger charge is -2.26. The molecule has 1 aliphatic carbocycles. The smallest absolute Gasteiger partial charge is 0.0344 e. The van der Waals surface area contributed by atoms with Crippen molar-refractivity contribution in [3.05, 3.63) is 35.4 Å². The van der Waals surface area contributed by atoms with E-state index in [0.29, 0.717) is 12.1 Å². The van der Waals surface area contributed by atoms with E-state index in [1.165, 1.54) is 11.1 Å². The van der Waals surface area contributed by atoms with Crippen LogP contribution in [0.1, 0.15) is 50.4 Å². The average Bonchev–Trinajstić information content (AvgIpc) is 2.73. The van der Waals surface area contributed by atoms with E-state index < -0.39 is 0 Å². The van der Waals surface area contributed by atoms with E-state index in [1.807, 2.05) is 0 Å². The van der Waals surface area contributed by atoms with E-state index in [-0.39, 0.29) is 6.04 Å². The molecule has 0 saturated heterocycles. The molecule has 3 N–H and O–H groups in total. The largest absolute Gasteiger partial charge is 0.324 e. The summed E-state index contributed by atoms with van der Waals surface area (Å²) in [5.74, 6) is 0. The molecular weight excluding hydrogens is 234 g/mol. The molecule has 0 radical (unpaired) electrons. The minimum Gasteiger partial charge on any atom is -0.324 e. The SMILES string of the molecule is CCN(CC)CC(C)NC1CC(N)c2ccccc21. The number of benzene rings is 1. The third-order valence-electron chi connectivity index (χ3n) is 4.17. The van der Waals surface area contributed by atoms with Crippen molar-refractivity contribution in [2.24, 2.45) is 5.73 Å². The molecule has 3 atom stereocenters. The Balaban J connectivity index is 1.97. The van der Waals surface area contributed by atoms with Crippen molar-refractivity contribution < 1.29 is 0 Å². The van der Waals surface area contributed by atoms with Gasteiger partial charge in [-0.25, -0.2) is 0 Å². The maximum absolute atomic E-state index is 6.22. The van der Waals surface area contributed by atoms with Crippen LogP contribution in [0.2, 0.25) is 0 Å². The molecule has 0 fully saturated rings. The Labute approximate surface area is 117 Å². The van der Waals surface area contributed by atoms with Gasteiger partial charge in [-0.15, -0.1) is 0 Å². The first-order chi connectivity index (χ1) is 9.15. The van der Waals surface area contributed by atoms with Gasteiger partial charge in [0.2, 0.25) is 0 Å². The van der Waals surface area contributed by atoms with E-state index in [4.69, 9.17) is 5.73 Å². The summed E-state index contributed by atoms with van der Waals surface area (Å²) in [6, 6.07) is 9.66. The van der Waals surface area contributed by atoms with Crippen LogP contribution >= 0.6 is 0 Å². The van der Waals surface area contributed by atoms with Gasteiger partial charge in [0.25, 0.3) is 0 Å². The highest BCUT2D eigenvalue weighted by Gasteiger charge is 2.28. The second kappa shape index (κ2) is 6.51. The Hall–Kier alpha value is -0.900. The van der Waals surface area contributed by atoms with Crippen LogP contribution in [0.4, 0.5) is 0 Å². The molecule has 1 aromatic rings. The fourth-order valence-corrected chi connectivity index (χ4v) is 3.10. The van der Waals surface area contributed by atoms with Gasteiger partial charge in [-0.3, -0.25) is 0 Å². The second-order valence-corrected chi connectivity index (χ2v) is 5.58. The minimum absolute atomic E-state index is 0.189. The number of nitrogens with zero attached hydrogens (tertiary/aromatic N) is 1. The maximum Gasteiger partial charge on any atom is 0.0344 e. The van der Waals surface area contributed by atoms with Crippen LogP contribution in [0.3, 0.4) is 0 Å². The van der Waals surface area contributed by atoms with E-state index in [2.05, 4.69) is 55.3 Å². The zero-order valence-electron chi connectivity index (χ0n) is 12.4. The van der Waals surface area contributed by atoms with Gasteiger partial charge in [0, 0.05) is 24.7 Å². The van der Waals surface area contributed by atoms with Crippen molar-refractivity contribution in [1.82, 2.24) is 10.2 Å². The summed E-state index contributed by atoms with van der Waals surface area (Å²) in [5, 5.41) is 3.74. The molecule has 0 saturated carbocycles. The van der Waals surface area contributed by atoms with Crippen LogP contribution in [0.15, 0.2) is 24.3 Å². The van der Waals surface area contributed by atoms with Crippen LogP contribution in [-0.4, -0.2) is 30.6 Å². The van der Waals surface area contributed by atoms with Gasteiger partial charge in [0.05, 0.1) is 0 Å². The molecule has 106 valence electrons. The summed E-state index contributed by atoms with van der Waals surface area (Å²) in [6.07, 6.45) is 1.02. The first-order valence-electron chi connectivity index (χ1n) is 7.48. The van der Waals surface area contributed by atoms with Gasteiger partial charge in [-0.05, 0) is 37.6 Å². The average molecular weight is 261 g/mol. The Morgan fingerprint density at radius 3 is 2.53 bits per heavy atom. The lowest BCUT2D eigenvalue weighted by molar-refractivity contribution is 0.260. The summed E-state index contributed by atoms with van der Waals surface area (Å²) in [7, 11) is 0. The number of hydrogen-bond acceptors (Lipinski definition) is 3. The van der Waals surface area contributed by atoms with Crippen LogP contribution in [0, 0.1) is 0 Å². The van der Waals surface area contributed by atoms with Crippen LogP contribution in [0.25, 0.3) is 0 Å². The molecule has 1 aliphatic rings. The molecule has 3 nitrogen and oxygen atoms in total. The predicted molar refractivity (Wildman–Crippen MR) is 81.1 cm³/mol. The lowest BCUT2D eigenvalue weighted by atomic mass is 10.1. The van der Waals surface area contributed by atoms with Crippen molar-refractivity contribution in [1.29, 1.82) is 0 Å². The summed E-state index contributed by atoms with van der Waals surface area (Å²) in [6.45, 7) is 10.0. The molecule has 0 aliphatic heterocycles. The normalized spacial score (nSPS) is 23.6. The van der Waals surface area contributed by atoms with Crippen molar-refractivity contribution >= 4 is 0 Å². The van der Waals surface area contributed by atoms with Crippen LogP contribution in [0.5, 0.6) is 0 Å². The van der Waals surface area contributed by atoms with Crippen molar-refractivity contribution in [2.75, 3.05) is 19.6 Å². The Morgan fingerprint density at radius 1 is 1.26 bits per heavy atom. The first kappa shape index (κ1) is 14.5. The number of fused-ring (bicyclic) bond motifs is 1. The van der Waals surface area contributed by atoms with Crippen LogP contribution in [-0.2, 0) is 0 Å². The molecule has 0 spiro atoms. The number of likely N-dealkylation sites (N-methyl/N-ethyl adjacent to an activating group) is 1. The van der Waals surface area contributed by atoms with Gasteiger partial charge >= 0.3 is 0 Å². The molecule has 3 unspecified atom stereocenters. The maximum atomic E-state index is 6.22. The van der Waals surface area contributed by atoms with Gasteiger partial charge in [0.15, 0.2) is 0 Å². The molecule has 2 rings (SSSR count). The van der Waals surface area contributed by atoms with E-state index >= 15 is 0 Å². The predicted octanol–water partition coefficient (Wildman–Crippen LogP) is 2.45. The summed E-state index contributed by atoms with van der Waals surface area (Å²) in [5.41, 5.74) is 8.92. The number of hydrogen-bond donors (Lipinski definition) is 2. The quantitative estimate of drug-likeness (QED) is 0.826. The zero-order valence-corrected chi connectivity index (χ0v) is 12.4. The summed E-state index contributed by atoms with van der Waals surface area (Å²) < 4.78 is 0. The molecule has 3 heteroatoms. The molecular formula is C16H27N3. The van der Waals surface area contributed by atoms with E-state index in [0.717, 1.165) is 26.1 Å². The first-order valence-corrected chi connectivity index (χ1v) is 7.48. The number of rotatable bonds is 6. The summed E-state index contributed by atoms with van der Waals surface area (Å²) in [4.78, 5) is 2.46. The van der Waals surface area contributed by atoms with Crippen molar-refractivity contribution in [2.45, 2.75) is 45.3 Å². The molecule has 0 heterocycles. The fraction of sp³-hybridized carbons (Fsp3) is 0.625. The highest BCUT2D eigenvalue weighted by Crippen LogP contribution is 2.37. The third kappa shape index (κ3) is 3.35. The van der Waals surface area contributed by atoms with Gasteiger partial charge in [-0.2, -0.15) is 0 Å². The Bertz CT molecular complexity index is 401. The fourth-order valence-electron chi connectivity index (χ4n) is 3.10. The Kier molecular flexibility index (Phi) is 4.97. The van der Waals surface area contributed by atoms with Crippen molar-refractivity contribution in [3.63, 3.8) is 0 Å². The third-order valence-corrected chi connectivity index (χ3v) is 4.17. The van der Waals surface area contributed by atoms with Gasteiger partial charge in [0.1, 0.15) is 0 Å². The van der Waals surface area contributed by atoms with Crippen molar-refractivity contribution in [3.8, 4) is 0 Å². The lowest BCUT2D eigenvalue weighted by Crippen LogP contribution is -2.40. The monoisotopic (exact) mass is 261 g/mol. The number of nitrogens with one attached hydrogen (secondary N) is 1. The zero-order chi connectivity index (χ0) is 13.8. The van der Waals surface area contributed by atoms with Gasteiger partial charge < -0.3 is 16.0 Å². The minimum atomic E-state index is 0.189. The number of nitrogens with two attached hydrogens (primary N) is 1. The van der Waals surface area contributed by atoms with Crippen LogP contribution < -0.4 is 11.1 Å². The highest BCUT2D eigenvalue weighted by atomic mass is 15.1. The van der Waals surface area contributed by atoms with E-state index in [1.54, 1.807) is 0 Å². The van der Waals surface area contributed by atoms with Gasteiger partial charge in [-0.1, -0.05) is 38.1 Å². The highest BCUT2D eigenvalue weighted by molar-refractivity contribution is 5.37. The molecule has 0 bridgehead atoms. The summed E-state index contributed by atoms with van der Waals surface area (Å²) >= 11 is 0. The van der Waals surface area contributed by atoms with E-state index in [9.17, 15) is 0 Å². The topological polar surface area (TPSA) is 41.3 Å². The standard InChI is InChI=1S/C16H27N3/c1-4-19(5-2)11-12(3)18-16-10-15(17)13-8-6-7-9-14(13)16/h6-9,12,15-16,18H,4-5,10-11,17H2,1-3H3.